The van der Waals surface area contributed by atoms with Gasteiger partial charge in [0, 0.05) is 24.9 Å². The Kier molecular flexibility index (Phi) is 4.08. The maximum atomic E-state index is 4.65. The van der Waals surface area contributed by atoms with Crippen molar-refractivity contribution in [1.82, 2.24) is 20.1 Å². The van der Waals surface area contributed by atoms with Gasteiger partial charge in [-0.15, -0.1) is 0 Å². The fourth-order valence-electron chi connectivity index (χ4n) is 1.60. The fraction of sp³-hybridized carbons (Fsp3) is 0.833. The van der Waals surface area contributed by atoms with Crippen molar-refractivity contribution < 1.29 is 0 Å². The van der Waals surface area contributed by atoms with Crippen molar-refractivity contribution >= 4 is 0 Å². The third-order valence-electron chi connectivity index (χ3n) is 2.61. The summed E-state index contributed by atoms with van der Waals surface area (Å²) < 4.78 is 1.91. The minimum atomic E-state index is 0.0217. The van der Waals surface area contributed by atoms with E-state index in [0.717, 1.165) is 24.7 Å². The van der Waals surface area contributed by atoms with Crippen LogP contribution in [0.4, 0.5) is 0 Å². The summed E-state index contributed by atoms with van der Waals surface area (Å²) in [7, 11) is 1.97. The molecule has 0 fully saturated rings. The predicted octanol–water partition coefficient (Wildman–Crippen LogP) is 1.83. The van der Waals surface area contributed by atoms with Crippen LogP contribution in [0.25, 0.3) is 0 Å². The van der Waals surface area contributed by atoms with Gasteiger partial charge in [0.05, 0.1) is 0 Å². The smallest absolute Gasteiger partial charge is 0.156 e. The molecule has 1 N–H and O–H groups in total. The van der Waals surface area contributed by atoms with Crippen molar-refractivity contribution in [3.8, 4) is 0 Å². The standard InChI is InChI=1S/C12H24N4/c1-7-13-8-9(2)10-14-11(12(3,4)5)15-16(10)6/h9,13H,7-8H2,1-6H3. The Hall–Kier alpha value is -0.900. The molecule has 0 bridgehead atoms. The lowest BCUT2D eigenvalue weighted by atomic mass is 9.96. The molecule has 1 atom stereocenters. The largest absolute Gasteiger partial charge is 0.316 e. The van der Waals surface area contributed by atoms with Crippen LogP contribution >= 0.6 is 0 Å². The van der Waals surface area contributed by atoms with Crippen molar-refractivity contribution in [3.05, 3.63) is 11.6 Å². The van der Waals surface area contributed by atoms with E-state index in [1.807, 2.05) is 11.7 Å². The third kappa shape index (κ3) is 3.04. The third-order valence-corrected chi connectivity index (χ3v) is 2.61. The first-order valence-electron chi connectivity index (χ1n) is 5.98. The topological polar surface area (TPSA) is 42.7 Å². The molecule has 1 aromatic rings. The number of nitrogens with one attached hydrogen (secondary N) is 1. The highest BCUT2D eigenvalue weighted by molar-refractivity contribution is 5.06. The van der Waals surface area contributed by atoms with Crippen molar-refractivity contribution in [1.29, 1.82) is 0 Å². The highest BCUT2D eigenvalue weighted by Gasteiger charge is 2.22. The molecule has 1 aromatic heterocycles. The zero-order chi connectivity index (χ0) is 12.3. The van der Waals surface area contributed by atoms with Crippen molar-refractivity contribution in [3.63, 3.8) is 0 Å². The number of hydrogen-bond acceptors (Lipinski definition) is 3. The highest BCUT2D eigenvalue weighted by Crippen LogP contribution is 2.20. The first kappa shape index (κ1) is 13.2. The van der Waals surface area contributed by atoms with Gasteiger partial charge < -0.3 is 5.32 Å². The van der Waals surface area contributed by atoms with Crippen LogP contribution < -0.4 is 5.32 Å². The first-order chi connectivity index (χ1) is 7.36. The summed E-state index contributed by atoms with van der Waals surface area (Å²) in [5.41, 5.74) is 0.0217. The van der Waals surface area contributed by atoms with E-state index in [1.165, 1.54) is 0 Å². The Morgan fingerprint density at radius 1 is 1.38 bits per heavy atom. The minimum absolute atomic E-state index is 0.0217. The first-order valence-corrected chi connectivity index (χ1v) is 5.98. The number of hydrogen-bond donors (Lipinski definition) is 1. The number of rotatable bonds is 4. The van der Waals surface area contributed by atoms with Crippen LogP contribution in [0.5, 0.6) is 0 Å². The summed E-state index contributed by atoms with van der Waals surface area (Å²) in [5.74, 6) is 2.38. The second-order valence-corrected chi connectivity index (χ2v) is 5.38. The van der Waals surface area contributed by atoms with E-state index in [2.05, 4.69) is 50.0 Å². The SMILES string of the molecule is CCNCC(C)c1nc(C(C)(C)C)nn1C. The quantitative estimate of drug-likeness (QED) is 0.848. The molecule has 1 unspecified atom stereocenters. The van der Waals surface area contributed by atoms with Gasteiger partial charge in [-0.05, 0) is 6.54 Å². The summed E-state index contributed by atoms with van der Waals surface area (Å²) in [5, 5.41) is 7.83. The molecule has 92 valence electrons. The van der Waals surface area contributed by atoms with E-state index in [-0.39, 0.29) is 5.41 Å². The lowest BCUT2D eigenvalue weighted by molar-refractivity contribution is 0.538. The van der Waals surface area contributed by atoms with E-state index in [4.69, 9.17) is 0 Å². The van der Waals surface area contributed by atoms with Gasteiger partial charge >= 0.3 is 0 Å². The Balaban J connectivity index is 2.85. The number of likely N-dealkylation sites (N-methyl/N-ethyl adjacent to an activating group) is 1. The molecule has 0 aliphatic rings. The lowest BCUT2D eigenvalue weighted by Gasteiger charge is -2.12. The summed E-state index contributed by atoms with van der Waals surface area (Å²) in [6, 6.07) is 0. The Morgan fingerprint density at radius 2 is 2.00 bits per heavy atom. The van der Waals surface area contributed by atoms with Crippen molar-refractivity contribution in [2.75, 3.05) is 13.1 Å². The van der Waals surface area contributed by atoms with Gasteiger partial charge in [0.25, 0.3) is 0 Å². The molecule has 1 heterocycles. The fourth-order valence-corrected chi connectivity index (χ4v) is 1.60. The highest BCUT2D eigenvalue weighted by atomic mass is 15.3. The molecule has 0 radical (unpaired) electrons. The average Bonchev–Trinajstić information content (AvgIpc) is 2.56. The summed E-state index contributed by atoms with van der Waals surface area (Å²) in [6.45, 7) is 12.7. The zero-order valence-corrected chi connectivity index (χ0v) is 11.3. The molecule has 1 rings (SSSR count). The second kappa shape index (κ2) is 4.95. The molecule has 0 aromatic carbocycles. The van der Waals surface area contributed by atoms with Crippen LogP contribution in [0.15, 0.2) is 0 Å². The molecule has 0 aliphatic carbocycles. The molecule has 4 nitrogen and oxygen atoms in total. The molecule has 0 amide bonds. The van der Waals surface area contributed by atoms with E-state index in [1.54, 1.807) is 0 Å². The number of nitrogens with zero attached hydrogens (tertiary/aromatic N) is 3. The maximum Gasteiger partial charge on any atom is 0.156 e. The molecule has 0 spiro atoms. The molecule has 4 heteroatoms. The van der Waals surface area contributed by atoms with Crippen LogP contribution in [0.3, 0.4) is 0 Å². The normalized spacial score (nSPS) is 14.1. The molecule has 0 saturated carbocycles. The van der Waals surface area contributed by atoms with Gasteiger partial charge in [-0.3, -0.25) is 4.68 Å². The van der Waals surface area contributed by atoms with Crippen molar-refractivity contribution in [2.24, 2.45) is 7.05 Å². The van der Waals surface area contributed by atoms with Crippen LogP contribution in [0.2, 0.25) is 0 Å². The van der Waals surface area contributed by atoms with E-state index in [9.17, 15) is 0 Å². The molecule has 16 heavy (non-hydrogen) atoms. The maximum absolute atomic E-state index is 4.65. The van der Waals surface area contributed by atoms with Gasteiger partial charge in [0.1, 0.15) is 5.82 Å². The Labute approximate surface area is 98.5 Å². The minimum Gasteiger partial charge on any atom is -0.316 e. The number of aromatic nitrogens is 3. The van der Waals surface area contributed by atoms with Crippen LogP contribution in [0.1, 0.15) is 52.2 Å². The van der Waals surface area contributed by atoms with Crippen LogP contribution in [0, 0.1) is 0 Å². The molecular formula is C12H24N4. The van der Waals surface area contributed by atoms with Gasteiger partial charge in [0.2, 0.25) is 0 Å². The van der Waals surface area contributed by atoms with E-state index in [0.29, 0.717) is 5.92 Å². The molecule has 0 saturated heterocycles. The van der Waals surface area contributed by atoms with Crippen LogP contribution in [-0.4, -0.2) is 27.9 Å². The summed E-state index contributed by atoms with van der Waals surface area (Å²) in [6.07, 6.45) is 0. The van der Waals surface area contributed by atoms with E-state index >= 15 is 0 Å². The molecule has 0 aliphatic heterocycles. The van der Waals surface area contributed by atoms with Crippen LogP contribution in [-0.2, 0) is 12.5 Å². The second-order valence-electron chi connectivity index (χ2n) is 5.38. The summed E-state index contributed by atoms with van der Waals surface area (Å²) in [4.78, 5) is 4.65. The monoisotopic (exact) mass is 224 g/mol. The van der Waals surface area contributed by atoms with Gasteiger partial charge in [-0.2, -0.15) is 5.10 Å². The van der Waals surface area contributed by atoms with E-state index < -0.39 is 0 Å². The van der Waals surface area contributed by atoms with Gasteiger partial charge in [-0.25, -0.2) is 4.98 Å². The van der Waals surface area contributed by atoms with Crippen molar-refractivity contribution in [2.45, 2.75) is 46.0 Å². The average molecular weight is 224 g/mol. The van der Waals surface area contributed by atoms with Gasteiger partial charge in [0.15, 0.2) is 5.82 Å². The zero-order valence-electron chi connectivity index (χ0n) is 11.3. The predicted molar refractivity (Wildman–Crippen MR) is 66.7 cm³/mol. The Bertz CT molecular complexity index is 335. The molecular weight excluding hydrogens is 200 g/mol. The van der Waals surface area contributed by atoms with Gasteiger partial charge in [-0.1, -0.05) is 34.6 Å². The number of aryl methyl sites for hydroxylation is 1. The Morgan fingerprint density at radius 3 is 2.44 bits per heavy atom. The lowest BCUT2D eigenvalue weighted by Crippen LogP contribution is -2.21. The summed E-state index contributed by atoms with van der Waals surface area (Å²) >= 11 is 0.